The van der Waals surface area contributed by atoms with Crippen molar-refractivity contribution in [3.63, 3.8) is 0 Å². The van der Waals surface area contributed by atoms with Gasteiger partial charge in [0, 0.05) is 44.5 Å². The highest BCUT2D eigenvalue weighted by molar-refractivity contribution is 5.93. The lowest BCUT2D eigenvalue weighted by molar-refractivity contribution is 0.0946. The van der Waals surface area contributed by atoms with Crippen LogP contribution in [0.25, 0.3) is 17.0 Å². The van der Waals surface area contributed by atoms with Gasteiger partial charge in [0.15, 0.2) is 5.65 Å². The maximum Gasteiger partial charge on any atom is 0.270 e. The van der Waals surface area contributed by atoms with Crippen LogP contribution in [0.3, 0.4) is 0 Å². The van der Waals surface area contributed by atoms with E-state index in [0.717, 1.165) is 17.8 Å². The average molecular weight is 530 g/mol. The van der Waals surface area contributed by atoms with Gasteiger partial charge >= 0.3 is 0 Å². The summed E-state index contributed by atoms with van der Waals surface area (Å²) in [6.45, 7) is 7.85. The van der Waals surface area contributed by atoms with Crippen molar-refractivity contribution in [1.82, 2.24) is 34.6 Å². The second-order valence-electron chi connectivity index (χ2n) is 10.9. The summed E-state index contributed by atoms with van der Waals surface area (Å²) in [7, 11) is 1.98. The van der Waals surface area contributed by atoms with Gasteiger partial charge in [-0.2, -0.15) is 20.0 Å². The molecule has 11 heteroatoms. The number of fused-ring (bicyclic) bond motifs is 1. The second kappa shape index (κ2) is 10.5. The molecule has 4 aromatic rings. The predicted molar refractivity (Wildman–Crippen MR) is 146 cm³/mol. The number of anilines is 1. The Morgan fingerprint density at radius 1 is 1.18 bits per heavy atom. The molecule has 1 fully saturated rings. The van der Waals surface area contributed by atoms with Crippen LogP contribution in [0.2, 0.25) is 0 Å². The van der Waals surface area contributed by atoms with Crippen molar-refractivity contribution < 1.29 is 9.18 Å². The van der Waals surface area contributed by atoms with Crippen LogP contribution in [0.1, 0.15) is 42.4 Å². The monoisotopic (exact) mass is 529 g/mol. The summed E-state index contributed by atoms with van der Waals surface area (Å²) in [6, 6.07) is 14.2. The molecule has 0 saturated carbocycles. The van der Waals surface area contributed by atoms with Crippen LogP contribution in [-0.2, 0) is 12.1 Å². The molecule has 39 heavy (non-hydrogen) atoms. The van der Waals surface area contributed by atoms with Gasteiger partial charge in [-0.05, 0) is 51.6 Å². The molecule has 1 aromatic carbocycles. The van der Waals surface area contributed by atoms with E-state index in [9.17, 15) is 9.18 Å². The Morgan fingerprint density at radius 3 is 2.64 bits per heavy atom. The fraction of sp³-hybridized carbons (Fsp3) is 0.393. The van der Waals surface area contributed by atoms with E-state index in [-0.39, 0.29) is 29.7 Å². The number of aromatic nitrogens is 5. The number of halogens is 1. The van der Waals surface area contributed by atoms with Crippen LogP contribution >= 0.6 is 0 Å². The third kappa shape index (κ3) is 5.33. The van der Waals surface area contributed by atoms with E-state index in [1.165, 1.54) is 0 Å². The van der Waals surface area contributed by atoms with Crippen LogP contribution in [0.15, 0.2) is 48.7 Å². The molecule has 4 heterocycles. The highest BCUT2D eigenvalue weighted by atomic mass is 19.1. The van der Waals surface area contributed by atoms with Crippen molar-refractivity contribution in [2.75, 3.05) is 38.3 Å². The quantitative estimate of drug-likeness (QED) is 0.409. The SMILES string of the molecule is CN1CCN(c2cc(C(=O)NCc3ccc(C#N)cc3)nc3cc(-c4ccnn4C(C)(C)C)nn23)[C@H](CF)C1. The third-order valence-corrected chi connectivity index (χ3v) is 6.88. The standard InChI is InChI=1S/C28H32FN9O/c1-28(2,3)38-24(9-10-32-38)22-13-25-33-23(27(39)31-17-20-7-5-19(16-30)6-8-20)14-26(37(25)34-22)36-12-11-35(4)18-21(36)15-29/h5-10,13-14,21H,11-12,15,17-18H2,1-4H3,(H,31,39)/t21-/m1/s1. The third-order valence-electron chi connectivity index (χ3n) is 6.88. The van der Waals surface area contributed by atoms with E-state index in [1.807, 2.05) is 28.8 Å². The molecule has 0 unspecified atom stereocenters. The van der Waals surface area contributed by atoms with Crippen LogP contribution in [-0.4, -0.2) is 74.6 Å². The van der Waals surface area contributed by atoms with Gasteiger partial charge in [0.1, 0.15) is 23.9 Å². The smallest absolute Gasteiger partial charge is 0.270 e. The number of carbonyl (C=O) groups excluding carboxylic acids is 1. The Hall–Kier alpha value is -4.30. The van der Waals surface area contributed by atoms with E-state index in [4.69, 9.17) is 10.4 Å². The zero-order valence-electron chi connectivity index (χ0n) is 22.6. The number of nitrogens with zero attached hydrogens (tertiary/aromatic N) is 8. The first-order valence-corrected chi connectivity index (χ1v) is 12.9. The molecule has 202 valence electrons. The largest absolute Gasteiger partial charge is 0.348 e. The van der Waals surface area contributed by atoms with Gasteiger partial charge in [-0.3, -0.25) is 9.48 Å². The molecular weight excluding hydrogens is 497 g/mol. The normalized spacial score (nSPS) is 16.4. The zero-order chi connectivity index (χ0) is 27.7. The molecular formula is C28H32FN9O. The summed E-state index contributed by atoms with van der Waals surface area (Å²) < 4.78 is 17.8. The van der Waals surface area contributed by atoms with Gasteiger partial charge in [-0.1, -0.05) is 12.1 Å². The summed E-state index contributed by atoms with van der Waals surface area (Å²) in [4.78, 5) is 22.0. The van der Waals surface area contributed by atoms with Gasteiger partial charge in [0.25, 0.3) is 5.91 Å². The van der Waals surface area contributed by atoms with Gasteiger partial charge in [-0.15, -0.1) is 0 Å². The second-order valence-corrected chi connectivity index (χ2v) is 10.9. The molecule has 0 spiro atoms. The lowest BCUT2D eigenvalue weighted by Crippen LogP contribution is -2.53. The highest BCUT2D eigenvalue weighted by Gasteiger charge is 2.29. The molecule has 0 radical (unpaired) electrons. The zero-order valence-corrected chi connectivity index (χ0v) is 22.6. The summed E-state index contributed by atoms with van der Waals surface area (Å²) in [5.41, 5.74) is 3.35. The number of alkyl halides is 1. The minimum Gasteiger partial charge on any atom is -0.348 e. The van der Waals surface area contributed by atoms with Crippen molar-refractivity contribution in [1.29, 1.82) is 5.26 Å². The molecule has 1 amide bonds. The minimum absolute atomic E-state index is 0.221. The lowest BCUT2D eigenvalue weighted by Gasteiger charge is -2.40. The van der Waals surface area contributed by atoms with E-state index >= 15 is 0 Å². The highest BCUT2D eigenvalue weighted by Crippen LogP contribution is 2.28. The molecule has 1 atom stereocenters. The Bertz CT molecular complexity index is 1530. The van der Waals surface area contributed by atoms with Crippen LogP contribution < -0.4 is 10.2 Å². The summed E-state index contributed by atoms with van der Waals surface area (Å²) in [5.74, 6) is 0.267. The molecule has 1 aliphatic rings. The van der Waals surface area contributed by atoms with Gasteiger partial charge in [0.05, 0.1) is 28.9 Å². The number of hydrogen-bond donors (Lipinski definition) is 1. The Balaban J connectivity index is 1.54. The Kier molecular flexibility index (Phi) is 7.06. The van der Waals surface area contributed by atoms with Crippen molar-refractivity contribution >= 4 is 17.4 Å². The first-order chi connectivity index (χ1) is 18.7. The maximum absolute atomic E-state index is 14.2. The van der Waals surface area contributed by atoms with Crippen molar-refractivity contribution in [3.8, 4) is 17.5 Å². The first-order valence-electron chi connectivity index (χ1n) is 12.9. The lowest BCUT2D eigenvalue weighted by atomic mass is 10.1. The van der Waals surface area contributed by atoms with Crippen molar-refractivity contribution in [2.45, 2.75) is 38.9 Å². The summed E-state index contributed by atoms with van der Waals surface area (Å²) in [6.07, 6.45) is 1.74. The number of piperazine rings is 1. The van der Waals surface area contributed by atoms with E-state index in [2.05, 4.69) is 47.1 Å². The van der Waals surface area contributed by atoms with Crippen molar-refractivity contribution in [2.24, 2.45) is 0 Å². The minimum atomic E-state index is -0.528. The number of nitriles is 1. The Morgan fingerprint density at radius 2 is 1.95 bits per heavy atom. The number of hydrogen-bond acceptors (Lipinski definition) is 7. The van der Waals surface area contributed by atoms with E-state index in [0.29, 0.717) is 35.8 Å². The average Bonchev–Trinajstić information content (AvgIpc) is 3.59. The van der Waals surface area contributed by atoms with Crippen LogP contribution in [0.5, 0.6) is 0 Å². The number of benzene rings is 1. The number of carbonyl (C=O) groups is 1. The first kappa shape index (κ1) is 26.3. The maximum atomic E-state index is 14.2. The number of likely N-dealkylation sites (N-methyl/N-ethyl adjacent to an activating group) is 1. The van der Waals surface area contributed by atoms with E-state index in [1.54, 1.807) is 41.0 Å². The molecule has 5 rings (SSSR count). The number of amides is 1. The molecule has 1 aliphatic heterocycles. The molecule has 0 aliphatic carbocycles. The predicted octanol–water partition coefficient (Wildman–Crippen LogP) is 3.24. The van der Waals surface area contributed by atoms with Crippen molar-refractivity contribution in [3.05, 3.63) is 65.5 Å². The topological polar surface area (TPSA) is 107 Å². The number of rotatable bonds is 6. The molecule has 10 nitrogen and oxygen atoms in total. The van der Waals surface area contributed by atoms with E-state index < -0.39 is 6.67 Å². The fourth-order valence-electron chi connectivity index (χ4n) is 4.85. The van der Waals surface area contributed by atoms with Gasteiger partial charge < -0.3 is 15.1 Å². The molecule has 1 saturated heterocycles. The number of nitrogens with one attached hydrogen (secondary N) is 1. The summed E-state index contributed by atoms with van der Waals surface area (Å²) >= 11 is 0. The summed E-state index contributed by atoms with van der Waals surface area (Å²) in [5, 5.41) is 21.3. The fourth-order valence-corrected chi connectivity index (χ4v) is 4.85. The Labute approximate surface area is 226 Å². The van der Waals surface area contributed by atoms with Gasteiger partial charge in [-0.25, -0.2) is 9.37 Å². The molecule has 0 bridgehead atoms. The molecule has 1 N–H and O–H groups in total. The molecule has 3 aromatic heterocycles. The van der Waals surface area contributed by atoms with Crippen LogP contribution in [0, 0.1) is 11.3 Å². The van der Waals surface area contributed by atoms with Gasteiger partial charge in [0.2, 0.25) is 0 Å². The van der Waals surface area contributed by atoms with Crippen LogP contribution in [0.4, 0.5) is 10.2 Å².